The van der Waals surface area contributed by atoms with Crippen LogP contribution < -0.4 is 4.74 Å². The van der Waals surface area contributed by atoms with Crippen LogP contribution in [0.1, 0.15) is 32.0 Å². The van der Waals surface area contributed by atoms with Gasteiger partial charge in [-0.15, -0.1) is 0 Å². The molecule has 0 saturated carbocycles. The Balaban J connectivity index is 2.35. The number of carbonyl (C=O) groups is 1. The van der Waals surface area contributed by atoms with Crippen LogP contribution in [-0.4, -0.2) is 29.7 Å². The van der Waals surface area contributed by atoms with E-state index in [1.807, 2.05) is 25.1 Å². The lowest BCUT2D eigenvalue weighted by Gasteiger charge is -2.10. The molecular formula is C14H18N2O3. The van der Waals surface area contributed by atoms with Gasteiger partial charge in [0.05, 0.1) is 24.8 Å². The van der Waals surface area contributed by atoms with Gasteiger partial charge in [0.15, 0.2) is 0 Å². The van der Waals surface area contributed by atoms with Gasteiger partial charge in [-0.3, -0.25) is 4.79 Å². The van der Waals surface area contributed by atoms with E-state index in [1.54, 1.807) is 14.0 Å². The van der Waals surface area contributed by atoms with Crippen molar-refractivity contribution >= 4 is 17.0 Å². The molecule has 1 N–H and O–H groups in total. The Hall–Kier alpha value is -2.04. The number of hydrogen-bond donors (Lipinski definition) is 1. The van der Waals surface area contributed by atoms with Crippen molar-refractivity contribution in [3.05, 3.63) is 24.0 Å². The molecule has 1 aromatic carbocycles. The number of ether oxygens (including phenoxy) is 2. The van der Waals surface area contributed by atoms with Crippen LogP contribution in [0, 0.1) is 0 Å². The molecule has 0 bridgehead atoms. The summed E-state index contributed by atoms with van der Waals surface area (Å²) in [4.78, 5) is 19.5. The quantitative estimate of drug-likeness (QED) is 0.841. The van der Waals surface area contributed by atoms with Gasteiger partial charge >= 0.3 is 5.97 Å². The lowest BCUT2D eigenvalue weighted by Crippen LogP contribution is -2.16. The highest BCUT2D eigenvalue weighted by atomic mass is 16.5. The number of esters is 1. The number of H-pyrrole nitrogens is 1. The first-order valence-corrected chi connectivity index (χ1v) is 6.39. The van der Waals surface area contributed by atoms with E-state index in [-0.39, 0.29) is 11.9 Å². The van der Waals surface area contributed by atoms with Gasteiger partial charge in [0.1, 0.15) is 17.5 Å². The van der Waals surface area contributed by atoms with Crippen molar-refractivity contribution in [3.63, 3.8) is 0 Å². The van der Waals surface area contributed by atoms with Crippen molar-refractivity contribution < 1.29 is 14.3 Å². The molecule has 0 amide bonds. The van der Waals surface area contributed by atoms with Crippen LogP contribution in [0.15, 0.2) is 18.2 Å². The minimum absolute atomic E-state index is 0.240. The Morgan fingerprint density at radius 3 is 2.84 bits per heavy atom. The molecule has 1 unspecified atom stereocenters. The van der Waals surface area contributed by atoms with E-state index in [2.05, 4.69) is 9.97 Å². The van der Waals surface area contributed by atoms with E-state index in [4.69, 9.17) is 9.47 Å². The zero-order valence-electron chi connectivity index (χ0n) is 11.4. The highest BCUT2D eigenvalue weighted by Crippen LogP contribution is 2.24. The number of fused-ring (bicyclic) bond motifs is 1. The number of hydrogen-bond acceptors (Lipinski definition) is 4. The Labute approximate surface area is 111 Å². The van der Waals surface area contributed by atoms with Crippen LogP contribution in [0.3, 0.4) is 0 Å². The number of nitrogens with one attached hydrogen (secondary N) is 1. The SMILES string of the molecule is CCOC(=O)C(CC)c1nc2ccc(OC)cc2[nH]1. The molecule has 1 aromatic heterocycles. The van der Waals surface area contributed by atoms with Crippen molar-refractivity contribution in [3.8, 4) is 5.75 Å². The largest absolute Gasteiger partial charge is 0.497 e. The third kappa shape index (κ3) is 2.70. The van der Waals surface area contributed by atoms with Crippen LogP contribution >= 0.6 is 0 Å². The van der Waals surface area contributed by atoms with Crippen LogP contribution in [0.4, 0.5) is 0 Å². The number of rotatable bonds is 5. The smallest absolute Gasteiger partial charge is 0.316 e. The molecule has 1 atom stereocenters. The maximum Gasteiger partial charge on any atom is 0.316 e. The highest BCUT2D eigenvalue weighted by molar-refractivity contribution is 5.81. The Kier molecular flexibility index (Phi) is 4.04. The summed E-state index contributed by atoms with van der Waals surface area (Å²) in [5.41, 5.74) is 1.68. The molecule has 5 heteroatoms. The molecule has 0 radical (unpaired) electrons. The minimum Gasteiger partial charge on any atom is -0.497 e. The third-order valence-electron chi connectivity index (χ3n) is 3.02. The predicted octanol–water partition coefficient (Wildman–Crippen LogP) is 2.63. The molecule has 102 valence electrons. The van der Waals surface area contributed by atoms with Gasteiger partial charge in [-0.1, -0.05) is 6.92 Å². The average Bonchev–Trinajstić information content (AvgIpc) is 2.82. The van der Waals surface area contributed by atoms with Crippen LogP contribution in [-0.2, 0) is 9.53 Å². The first-order chi connectivity index (χ1) is 9.19. The summed E-state index contributed by atoms with van der Waals surface area (Å²) in [6.45, 7) is 4.12. The standard InChI is InChI=1S/C14H18N2O3/c1-4-10(14(17)19-5-2)13-15-11-7-6-9(18-3)8-12(11)16-13/h6-8,10H,4-5H2,1-3H3,(H,15,16). The Bertz CT molecular complexity index is 577. The van der Waals surface area contributed by atoms with Crippen molar-refractivity contribution in [2.24, 2.45) is 0 Å². The topological polar surface area (TPSA) is 64.2 Å². The first-order valence-electron chi connectivity index (χ1n) is 6.39. The molecule has 0 fully saturated rings. The zero-order chi connectivity index (χ0) is 13.8. The van der Waals surface area contributed by atoms with Gasteiger partial charge < -0.3 is 14.5 Å². The number of carbonyl (C=O) groups excluding carboxylic acids is 1. The third-order valence-corrected chi connectivity index (χ3v) is 3.02. The van der Waals surface area contributed by atoms with Crippen LogP contribution in [0.5, 0.6) is 5.75 Å². The van der Waals surface area contributed by atoms with E-state index < -0.39 is 0 Å². The molecule has 1 heterocycles. The molecule has 0 spiro atoms. The number of methoxy groups -OCH3 is 1. The summed E-state index contributed by atoms with van der Waals surface area (Å²) in [7, 11) is 1.62. The van der Waals surface area contributed by atoms with Crippen molar-refractivity contribution in [1.29, 1.82) is 0 Å². The van der Waals surface area contributed by atoms with E-state index in [1.165, 1.54) is 0 Å². The van der Waals surface area contributed by atoms with Crippen LogP contribution in [0.25, 0.3) is 11.0 Å². The number of nitrogens with zero attached hydrogens (tertiary/aromatic N) is 1. The van der Waals surface area contributed by atoms with Gasteiger partial charge in [-0.2, -0.15) is 0 Å². The number of benzene rings is 1. The highest BCUT2D eigenvalue weighted by Gasteiger charge is 2.23. The van der Waals surface area contributed by atoms with Crippen molar-refractivity contribution in [2.45, 2.75) is 26.2 Å². The summed E-state index contributed by atoms with van der Waals surface area (Å²) < 4.78 is 10.2. The monoisotopic (exact) mass is 262 g/mol. The maximum atomic E-state index is 11.9. The molecule has 5 nitrogen and oxygen atoms in total. The summed E-state index contributed by atoms with van der Waals surface area (Å²) in [6, 6.07) is 5.58. The molecule has 0 saturated heterocycles. The first kappa shape index (κ1) is 13.4. The van der Waals surface area contributed by atoms with Crippen molar-refractivity contribution in [1.82, 2.24) is 9.97 Å². The molecule has 0 aliphatic heterocycles. The minimum atomic E-state index is -0.349. The second-order valence-electron chi connectivity index (χ2n) is 4.22. The molecule has 2 aromatic rings. The fourth-order valence-corrected chi connectivity index (χ4v) is 2.01. The summed E-state index contributed by atoms with van der Waals surface area (Å²) in [6.07, 6.45) is 0.649. The maximum absolute atomic E-state index is 11.9. The lowest BCUT2D eigenvalue weighted by molar-refractivity contribution is -0.145. The second-order valence-corrected chi connectivity index (χ2v) is 4.22. The average molecular weight is 262 g/mol. The fourth-order valence-electron chi connectivity index (χ4n) is 2.01. The lowest BCUT2D eigenvalue weighted by atomic mass is 10.1. The summed E-state index contributed by atoms with van der Waals surface area (Å²) >= 11 is 0. The van der Waals surface area contributed by atoms with Gasteiger partial charge in [-0.25, -0.2) is 4.98 Å². The van der Waals surface area contributed by atoms with E-state index >= 15 is 0 Å². The molecule has 0 aliphatic rings. The summed E-state index contributed by atoms with van der Waals surface area (Å²) in [5.74, 6) is 0.811. The van der Waals surface area contributed by atoms with E-state index in [0.29, 0.717) is 18.9 Å². The molecule has 0 aliphatic carbocycles. The zero-order valence-corrected chi connectivity index (χ0v) is 11.4. The predicted molar refractivity (Wildman–Crippen MR) is 72.3 cm³/mol. The normalized spacial score (nSPS) is 12.4. The van der Waals surface area contributed by atoms with Gasteiger partial charge in [0.25, 0.3) is 0 Å². The van der Waals surface area contributed by atoms with Crippen molar-refractivity contribution in [2.75, 3.05) is 13.7 Å². The Morgan fingerprint density at radius 2 is 2.21 bits per heavy atom. The second kappa shape index (κ2) is 5.73. The molecule has 2 rings (SSSR count). The van der Waals surface area contributed by atoms with Crippen LogP contribution in [0.2, 0.25) is 0 Å². The van der Waals surface area contributed by atoms with Gasteiger partial charge in [0, 0.05) is 6.07 Å². The molecular weight excluding hydrogens is 244 g/mol. The fraction of sp³-hybridized carbons (Fsp3) is 0.429. The molecule has 19 heavy (non-hydrogen) atoms. The number of aromatic nitrogens is 2. The van der Waals surface area contributed by atoms with Gasteiger partial charge in [-0.05, 0) is 25.5 Å². The Morgan fingerprint density at radius 1 is 1.42 bits per heavy atom. The number of aromatic amines is 1. The summed E-state index contributed by atoms with van der Waals surface area (Å²) in [5, 5.41) is 0. The van der Waals surface area contributed by atoms with E-state index in [0.717, 1.165) is 16.8 Å². The van der Waals surface area contributed by atoms with E-state index in [9.17, 15) is 4.79 Å². The van der Waals surface area contributed by atoms with Gasteiger partial charge in [0.2, 0.25) is 0 Å². The number of imidazole rings is 1.